The van der Waals surface area contributed by atoms with E-state index < -0.39 is 0 Å². The predicted molar refractivity (Wildman–Crippen MR) is 78.0 cm³/mol. The third kappa shape index (κ3) is 2.63. The second-order valence-electron chi connectivity index (χ2n) is 5.52. The monoisotopic (exact) mass is 255 g/mol. The summed E-state index contributed by atoms with van der Waals surface area (Å²) >= 11 is 0. The van der Waals surface area contributed by atoms with E-state index in [4.69, 9.17) is 10.2 Å². The van der Waals surface area contributed by atoms with Crippen molar-refractivity contribution in [3.05, 3.63) is 29.6 Å². The summed E-state index contributed by atoms with van der Waals surface area (Å²) in [6.45, 7) is 8.82. The summed E-state index contributed by atoms with van der Waals surface area (Å²) in [6.07, 6.45) is 2.15. The van der Waals surface area contributed by atoms with Crippen molar-refractivity contribution in [2.45, 2.75) is 46.6 Å². The molecule has 0 spiro atoms. The molecule has 1 atom stereocenters. The van der Waals surface area contributed by atoms with E-state index in [0.717, 1.165) is 29.7 Å². The molecule has 2 rings (SSSR count). The second kappa shape index (κ2) is 5.44. The average molecular weight is 255 g/mol. The van der Waals surface area contributed by atoms with Crippen LogP contribution in [0.5, 0.6) is 0 Å². The van der Waals surface area contributed by atoms with Crippen molar-refractivity contribution in [1.29, 1.82) is 5.26 Å². The fourth-order valence-corrected chi connectivity index (χ4v) is 2.39. The molecule has 0 amide bonds. The largest absolute Gasteiger partial charge is 0.325 e. The molecule has 0 saturated carbocycles. The second-order valence-corrected chi connectivity index (χ2v) is 5.52. The summed E-state index contributed by atoms with van der Waals surface area (Å²) in [4.78, 5) is 4.74. The molecule has 1 aromatic heterocycles. The van der Waals surface area contributed by atoms with Crippen molar-refractivity contribution >= 4 is 11.0 Å². The molecule has 0 saturated heterocycles. The zero-order valence-corrected chi connectivity index (χ0v) is 12.1. The fourth-order valence-electron chi connectivity index (χ4n) is 2.39. The molecule has 0 bridgehead atoms. The summed E-state index contributed by atoms with van der Waals surface area (Å²) < 4.78 is 2.29. The van der Waals surface area contributed by atoms with Crippen LogP contribution in [0.3, 0.4) is 0 Å². The van der Waals surface area contributed by atoms with Crippen molar-refractivity contribution in [1.82, 2.24) is 9.55 Å². The highest BCUT2D eigenvalue weighted by molar-refractivity contribution is 5.78. The zero-order chi connectivity index (χ0) is 14.0. The molecule has 1 unspecified atom stereocenters. The van der Waals surface area contributed by atoms with Gasteiger partial charge in [0.25, 0.3) is 0 Å². The van der Waals surface area contributed by atoms with E-state index in [-0.39, 0.29) is 0 Å². The first kappa shape index (κ1) is 13.6. The van der Waals surface area contributed by atoms with Crippen LogP contribution in [-0.2, 0) is 6.42 Å². The number of benzene rings is 1. The van der Waals surface area contributed by atoms with Crippen molar-refractivity contribution in [2.24, 2.45) is 5.92 Å². The molecule has 0 fully saturated rings. The summed E-state index contributed by atoms with van der Waals surface area (Å²) in [5, 5.41) is 8.98. The molecular weight excluding hydrogens is 234 g/mol. The Morgan fingerprint density at radius 3 is 2.63 bits per heavy atom. The van der Waals surface area contributed by atoms with Crippen molar-refractivity contribution in [2.75, 3.05) is 0 Å². The van der Waals surface area contributed by atoms with Crippen LogP contribution in [0.25, 0.3) is 11.0 Å². The van der Waals surface area contributed by atoms with E-state index >= 15 is 0 Å². The zero-order valence-electron chi connectivity index (χ0n) is 12.1. The molecule has 19 heavy (non-hydrogen) atoms. The number of aromatic nitrogens is 2. The van der Waals surface area contributed by atoms with Crippen molar-refractivity contribution in [3.8, 4) is 6.07 Å². The number of hydrogen-bond donors (Lipinski definition) is 0. The standard InChI is InChI=1S/C16H21N3/c1-5-12(4)8-16-18-14-9-13(10-17)6-7-15(14)19(16)11(2)3/h6-7,9,11-12H,5,8H2,1-4H3. The maximum Gasteiger partial charge on any atom is 0.110 e. The molecule has 3 nitrogen and oxygen atoms in total. The minimum absolute atomic E-state index is 0.386. The van der Waals surface area contributed by atoms with Crippen LogP contribution < -0.4 is 0 Å². The van der Waals surface area contributed by atoms with Gasteiger partial charge in [-0.25, -0.2) is 4.98 Å². The molecule has 3 heteroatoms. The molecule has 0 aliphatic rings. The Bertz CT molecular complexity index is 617. The van der Waals surface area contributed by atoms with Gasteiger partial charge in [0.15, 0.2) is 0 Å². The van der Waals surface area contributed by atoms with Crippen molar-refractivity contribution < 1.29 is 0 Å². The number of fused-ring (bicyclic) bond motifs is 1. The highest BCUT2D eigenvalue weighted by Gasteiger charge is 2.15. The van der Waals surface area contributed by atoms with Gasteiger partial charge in [-0.3, -0.25) is 0 Å². The minimum atomic E-state index is 0.386. The lowest BCUT2D eigenvalue weighted by atomic mass is 10.0. The van der Waals surface area contributed by atoms with Gasteiger partial charge in [-0.15, -0.1) is 0 Å². The summed E-state index contributed by atoms with van der Waals surface area (Å²) in [5.74, 6) is 1.76. The quantitative estimate of drug-likeness (QED) is 0.826. The Morgan fingerprint density at radius 2 is 2.05 bits per heavy atom. The van der Waals surface area contributed by atoms with Crippen LogP contribution in [0.2, 0.25) is 0 Å². The smallest absolute Gasteiger partial charge is 0.110 e. The van der Waals surface area contributed by atoms with E-state index in [2.05, 4.69) is 38.3 Å². The Labute approximate surface area is 114 Å². The topological polar surface area (TPSA) is 41.6 Å². The molecular formula is C16H21N3. The Morgan fingerprint density at radius 1 is 1.32 bits per heavy atom. The molecule has 0 aliphatic heterocycles. The van der Waals surface area contributed by atoms with Crippen molar-refractivity contribution in [3.63, 3.8) is 0 Å². The number of rotatable bonds is 4. The van der Waals surface area contributed by atoms with Gasteiger partial charge in [-0.1, -0.05) is 20.3 Å². The van der Waals surface area contributed by atoms with Crippen LogP contribution in [0.1, 0.15) is 51.5 Å². The average Bonchev–Trinajstić information content (AvgIpc) is 2.74. The highest BCUT2D eigenvalue weighted by atomic mass is 15.1. The van der Waals surface area contributed by atoms with Gasteiger partial charge in [-0.2, -0.15) is 5.26 Å². The SMILES string of the molecule is CCC(C)Cc1nc2cc(C#N)ccc2n1C(C)C. The first-order valence-electron chi connectivity index (χ1n) is 6.97. The Hall–Kier alpha value is -1.82. The molecule has 1 aromatic carbocycles. The molecule has 0 radical (unpaired) electrons. The predicted octanol–water partition coefficient (Wildman–Crippen LogP) is 4.08. The lowest BCUT2D eigenvalue weighted by Gasteiger charge is -2.15. The van der Waals surface area contributed by atoms with E-state index in [0.29, 0.717) is 17.5 Å². The van der Waals surface area contributed by atoms with E-state index in [1.54, 1.807) is 0 Å². The van der Waals surface area contributed by atoms with Crippen LogP contribution in [0.15, 0.2) is 18.2 Å². The van der Waals surface area contributed by atoms with Crippen LogP contribution in [-0.4, -0.2) is 9.55 Å². The Kier molecular flexibility index (Phi) is 3.90. The summed E-state index contributed by atoms with van der Waals surface area (Å²) in [6, 6.07) is 8.33. The Balaban J connectivity index is 2.56. The number of nitriles is 1. The van der Waals surface area contributed by atoms with Gasteiger partial charge in [0.05, 0.1) is 22.7 Å². The maximum absolute atomic E-state index is 8.98. The fraction of sp³-hybridized carbons (Fsp3) is 0.500. The van der Waals surface area contributed by atoms with Gasteiger partial charge < -0.3 is 4.57 Å². The molecule has 0 aliphatic carbocycles. The maximum atomic E-state index is 8.98. The minimum Gasteiger partial charge on any atom is -0.325 e. The summed E-state index contributed by atoms with van der Waals surface area (Å²) in [5.41, 5.74) is 2.74. The first-order valence-corrected chi connectivity index (χ1v) is 6.97. The third-order valence-corrected chi connectivity index (χ3v) is 3.64. The van der Waals surface area contributed by atoms with Gasteiger partial charge in [0.2, 0.25) is 0 Å². The molecule has 1 heterocycles. The van der Waals surface area contributed by atoms with Gasteiger partial charge in [-0.05, 0) is 38.0 Å². The molecule has 2 aromatic rings. The number of nitrogens with zero attached hydrogens (tertiary/aromatic N) is 3. The molecule has 0 N–H and O–H groups in total. The lowest BCUT2D eigenvalue weighted by Crippen LogP contribution is -2.09. The normalized spacial score (nSPS) is 12.8. The highest BCUT2D eigenvalue weighted by Crippen LogP contribution is 2.24. The van der Waals surface area contributed by atoms with Crippen LogP contribution in [0, 0.1) is 17.2 Å². The summed E-state index contributed by atoms with van der Waals surface area (Å²) in [7, 11) is 0. The van der Waals surface area contributed by atoms with E-state index in [1.165, 1.54) is 0 Å². The van der Waals surface area contributed by atoms with Crippen LogP contribution in [0.4, 0.5) is 0 Å². The van der Waals surface area contributed by atoms with Gasteiger partial charge in [0.1, 0.15) is 5.82 Å². The van der Waals surface area contributed by atoms with Gasteiger partial charge in [0, 0.05) is 12.5 Å². The number of imidazole rings is 1. The lowest BCUT2D eigenvalue weighted by molar-refractivity contribution is 0.504. The third-order valence-electron chi connectivity index (χ3n) is 3.64. The van der Waals surface area contributed by atoms with Crippen LogP contribution >= 0.6 is 0 Å². The number of hydrogen-bond acceptors (Lipinski definition) is 2. The first-order chi connectivity index (χ1) is 9.06. The van der Waals surface area contributed by atoms with E-state index in [1.807, 2.05) is 18.2 Å². The van der Waals surface area contributed by atoms with Gasteiger partial charge >= 0.3 is 0 Å². The van der Waals surface area contributed by atoms with E-state index in [9.17, 15) is 0 Å². The molecule has 100 valence electrons.